The van der Waals surface area contributed by atoms with E-state index < -0.39 is 17.8 Å². The van der Waals surface area contributed by atoms with Crippen molar-refractivity contribution in [3.05, 3.63) is 34.1 Å². The number of hydrogen-bond acceptors (Lipinski definition) is 2. The zero-order chi connectivity index (χ0) is 10.0. The lowest BCUT2D eigenvalue weighted by molar-refractivity contribution is -0.443. The summed E-state index contributed by atoms with van der Waals surface area (Å²) in [5, 5.41) is 10.4. The van der Waals surface area contributed by atoms with Crippen LogP contribution >= 0.6 is 15.9 Å². The molecule has 3 nitrogen and oxygen atoms in total. The maximum Gasteiger partial charge on any atom is 0.153 e. The Hall–Kier alpha value is -0.940. The van der Waals surface area contributed by atoms with Crippen molar-refractivity contribution in [3.8, 4) is 0 Å². The third-order valence-electron chi connectivity index (χ3n) is 1.62. The van der Waals surface area contributed by atoms with Gasteiger partial charge in [0.1, 0.15) is 11.8 Å². The van der Waals surface area contributed by atoms with Gasteiger partial charge in [-0.05, 0) is 18.2 Å². The minimum Gasteiger partial charge on any atom is -0.544 e. The van der Waals surface area contributed by atoms with Gasteiger partial charge in [0.25, 0.3) is 0 Å². The zero-order valence-corrected chi connectivity index (χ0v) is 8.17. The Kier molecular flexibility index (Phi) is 3.00. The van der Waals surface area contributed by atoms with Gasteiger partial charge in [-0.15, -0.1) is 0 Å². The van der Waals surface area contributed by atoms with Crippen molar-refractivity contribution in [1.82, 2.24) is 0 Å². The van der Waals surface area contributed by atoms with Crippen molar-refractivity contribution in [2.24, 2.45) is 0 Å². The smallest absolute Gasteiger partial charge is 0.153 e. The van der Waals surface area contributed by atoms with Crippen LogP contribution in [0.5, 0.6) is 0 Å². The molecular weight excluding hydrogens is 241 g/mol. The molecule has 0 fully saturated rings. The molecule has 0 aliphatic heterocycles. The lowest BCUT2D eigenvalue weighted by atomic mass is 10.1. The van der Waals surface area contributed by atoms with Crippen LogP contribution in [0.2, 0.25) is 0 Å². The summed E-state index contributed by atoms with van der Waals surface area (Å²) in [6.45, 7) is 0. The molecule has 1 atom stereocenters. The van der Waals surface area contributed by atoms with Crippen LogP contribution in [0.1, 0.15) is 11.6 Å². The second-order valence-electron chi connectivity index (χ2n) is 2.54. The molecule has 13 heavy (non-hydrogen) atoms. The van der Waals surface area contributed by atoms with Gasteiger partial charge in [0, 0.05) is 4.47 Å². The number of hydrogen-bond donors (Lipinski definition) is 1. The van der Waals surface area contributed by atoms with E-state index in [1.54, 1.807) is 0 Å². The number of carbonyl (C=O) groups is 1. The van der Waals surface area contributed by atoms with Gasteiger partial charge in [-0.1, -0.05) is 15.9 Å². The minimum absolute atomic E-state index is 0.0226. The number of carboxylic acid groups (broad SMARTS) is 1. The van der Waals surface area contributed by atoms with E-state index in [4.69, 9.17) is 0 Å². The van der Waals surface area contributed by atoms with Crippen molar-refractivity contribution in [2.45, 2.75) is 6.04 Å². The third kappa shape index (κ3) is 2.26. The first-order chi connectivity index (χ1) is 6.02. The van der Waals surface area contributed by atoms with Crippen molar-refractivity contribution >= 4 is 21.9 Å². The number of carbonyl (C=O) groups excluding carboxylic acids is 1. The van der Waals surface area contributed by atoms with Crippen LogP contribution in [-0.2, 0) is 4.79 Å². The third-order valence-corrected chi connectivity index (χ3v) is 2.11. The van der Waals surface area contributed by atoms with Crippen molar-refractivity contribution in [3.63, 3.8) is 0 Å². The second kappa shape index (κ2) is 3.85. The van der Waals surface area contributed by atoms with E-state index in [-0.39, 0.29) is 5.56 Å². The topological polar surface area (TPSA) is 67.8 Å². The molecule has 3 N–H and O–H groups in total. The zero-order valence-electron chi connectivity index (χ0n) is 6.59. The van der Waals surface area contributed by atoms with Gasteiger partial charge >= 0.3 is 0 Å². The van der Waals surface area contributed by atoms with Gasteiger partial charge in [0.05, 0.1) is 5.56 Å². The molecule has 0 heterocycles. The van der Waals surface area contributed by atoms with Crippen LogP contribution in [0.3, 0.4) is 0 Å². The highest BCUT2D eigenvalue weighted by Crippen LogP contribution is 2.18. The number of halogens is 2. The molecule has 0 radical (unpaired) electrons. The van der Waals surface area contributed by atoms with Crippen LogP contribution in [0.25, 0.3) is 0 Å². The van der Waals surface area contributed by atoms with E-state index in [1.165, 1.54) is 18.2 Å². The number of rotatable bonds is 2. The fourth-order valence-electron chi connectivity index (χ4n) is 0.909. The summed E-state index contributed by atoms with van der Waals surface area (Å²) in [6.07, 6.45) is 0. The second-order valence-corrected chi connectivity index (χ2v) is 3.45. The Morgan fingerprint density at radius 3 is 2.77 bits per heavy atom. The van der Waals surface area contributed by atoms with Crippen LogP contribution in [0.4, 0.5) is 4.39 Å². The van der Waals surface area contributed by atoms with Gasteiger partial charge in [-0.2, -0.15) is 0 Å². The van der Waals surface area contributed by atoms with E-state index in [1.807, 2.05) is 0 Å². The molecule has 0 saturated heterocycles. The Morgan fingerprint density at radius 1 is 1.62 bits per heavy atom. The lowest BCUT2D eigenvalue weighted by Crippen LogP contribution is -2.61. The standard InChI is InChI=1S/C8H7BrFNO2/c9-4-1-2-6(10)5(3-4)7(11)8(12)13/h1-3,7H,11H2,(H,12,13)/t7-/m0/s1. The molecule has 70 valence electrons. The van der Waals surface area contributed by atoms with Crippen molar-refractivity contribution in [1.29, 1.82) is 0 Å². The molecule has 0 amide bonds. The highest BCUT2D eigenvalue weighted by Gasteiger charge is 2.15. The van der Waals surface area contributed by atoms with Crippen molar-refractivity contribution < 1.29 is 20.0 Å². The molecule has 0 saturated carbocycles. The Balaban J connectivity index is 3.12. The van der Waals surface area contributed by atoms with Gasteiger partial charge in [-0.3, -0.25) is 0 Å². The highest BCUT2D eigenvalue weighted by atomic mass is 79.9. The maximum atomic E-state index is 13.0. The number of aliphatic carboxylic acids is 1. The molecule has 1 rings (SSSR count). The summed E-state index contributed by atoms with van der Waals surface area (Å²) in [4.78, 5) is 10.4. The number of carboxylic acids is 1. The van der Waals surface area contributed by atoms with Gasteiger partial charge in [-0.25, -0.2) is 4.39 Å². The Morgan fingerprint density at radius 2 is 2.23 bits per heavy atom. The number of benzene rings is 1. The predicted molar refractivity (Wildman–Crippen MR) is 44.7 cm³/mol. The van der Waals surface area contributed by atoms with Crippen LogP contribution in [-0.4, -0.2) is 5.97 Å². The van der Waals surface area contributed by atoms with E-state index in [9.17, 15) is 14.3 Å². The van der Waals surface area contributed by atoms with Crippen LogP contribution < -0.4 is 10.8 Å². The molecule has 0 aromatic heterocycles. The molecule has 1 aromatic rings. The van der Waals surface area contributed by atoms with Gasteiger partial charge in [0.15, 0.2) is 6.04 Å². The van der Waals surface area contributed by atoms with E-state index in [0.29, 0.717) is 4.47 Å². The monoisotopic (exact) mass is 247 g/mol. The summed E-state index contributed by atoms with van der Waals surface area (Å²) in [6, 6.07) is 2.86. The summed E-state index contributed by atoms with van der Waals surface area (Å²) in [5.41, 5.74) is 3.31. The summed E-state index contributed by atoms with van der Waals surface area (Å²) >= 11 is 3.11. The van der Waals surface area contributed by atoms with Crippen LogP contribution in [0.15, 0.2) is 22.7 Å². The maximum absolute atomic E-state index is 13.0. The quantitative estimate of drug-likeness (QED) is 0.775. The fourth-order valence-corrected chi connectivity index (χ4v) is 1.29. The molecule has 1 aromatic carbocycles. The van der Waals surface area contributed by atoms with Gasteiger partial charge < -0.3 is 15.6 Å². The average Bonchev–Trinajstić information content (AvgIpc) is 2.08. The molecular formula is C8H7BrFNO2. The Labute approximate surface area is 82.5 Å². The Bertz CT molecular complexity index is 343. The fraction of sp³-hybridized carbons (Fsp3) is 0.125. The minimum atomic E-state index is -1.39. The van der Waals surface area contributed by atoms with Gasteiger partial charge in [0.2, 0.25) is 0 Å². The molecule has 0 aliphatic rings. The average molecular weight is 248 g/mol. The molecule has 0 bridgehead atoms. The molecule has 5 heteroatoms. The first kappa shape index (κ1) is 10.1. The lowest BCUT2D eigenvalue weighted by Gasteiger charge is -2.10. The number of quaternary nitrogens is 1. The van der Waals surface area contributed by atoms with E-state index >= 15 is 0 Å². The highest BCUT2D eigenvalue weighted by molar-refractivity contribution is 9.10. The molecule has 0 unspecified atom stereocenters. The summed E-state index contributed by atoms with van der Waals surface area (Å²) in [5.74, 6) is -1.98. The van der Waals surface area contributed by atoms with Crippen LogP contribution in [0, 0.1) is 5.82 Å². The van der Waals surface area contributed by atoms with E-state index in [0.717, 1.165) is 0 Å². The van der Waals surface area contributed by atoms with Crippen molar-refractivity contribution in [2.75, 3.05) is 0 Å². The normalized spacial score (nSPS) is 12.5. The predicted octanol–water partition coefficient (Wildman–Crippen LogP) is -0.379. The first-order valence-electron chi connectivity index (χ1n) is 3.51. The summed E-state index contributed by atoms with van der Waals surface area (Å²) in [7, 11) is 0. The summed E-state index contributed by atoms with van der Waals surface area (Å²) < 4.78 is 13.6. The SMILES string of the molecule is [NH3+][C@H](C(=O)[O-])c1cc(Br)ccc1F. The largest absolute Gasteiger partial charge is 0.544 e. The molecule has 0 aliphatic carbocycles. The first-order valence-corrected chi connectivity index (χ1v) is 4.30. The van der Waals surface area contributed by atoms with E-state index in [2.05, 4.69) is 21.7 Å². The molecule has 0 spiro atoms.